The average molecular weight is 425 g/mol. The van der Waals surface area contributed by atoms with Crippen LogP contribution in [0.15, 0.2) is 34.8 Å². The number of halogens is 2. The zero-order valence-electron chi connectivity index (χ0n) is 15.1. The number of nitrogens with zero attached hydrogens (tertiary/aromatic N) is 3. The second-order valence-electron chi connectivity index (χ2n) is 5.80. The molecule has 1 aromatic carbocycles. The van der Waals surface area contributed by atoms with Crippen LogP contribution in [0.25, 0.3) is 11.0 Å². The molecule has 0 aliphatic carbocycles. The zero-order valence-corrected chi connectivity index (χ0v) is 16.7. The maximum Gasteiger partial charge on any atom is 0.323 e. The summed E-state index contributed by atoms with van der Waals surface area (Å²) in [7, 11) is 0. The number of benzene rings is 1. The zero-order chi connectivity index (χ0) is 20.3. The smallest absolute Gasteiger partial charge is 0.323 e. The lowest BCUT2D eigenvalue weighted by atomic mass is 10.1. The number of imidazole rings is 1. The molecule has 0 spiro atoms. The van der Waals surface area contributed by atoms with Gasteiger partial charge in [-0.3, -0.25) is 14.2 Å². The number of ketones is 1. The molecule has 0 N–H and O–H groups in total. The van der Waals surface area contributed by atoms with Crippen molar-refractivity contribution in [3.05, 3.63) is 40.3 Å². The quantitative estimate of drug-likeness (QED) is 0.306. The van der Waals surface area contributed by atoms with E-state index in [1.807, 2.05) is 0 Å². The fourth-order valence-corrected chi connectivity index (χ4v) is 4.45. The van der Waals surface area contributed by atoms with Crippen LogP contribution < -0.4 is 0 Å². The standard InChI is InChI=1S/C18H17F2N3O3S2/c1-3-26-16(25)14(15-21-10(2)8-27-15)13(24)9-28-18-22-11-6-4-5-7-12(11)23(18)17(19)20/h4-8,14,17H,3,9H2,1-2H3. The van der Waals surface area contributed by atoms with Crippen LogP contribution >= 0.6 is 23.1 Å². The van der Waals surface area contributed by atoms with E-state index in [-0.39, 0.29) is 23.0 Å². The highest BCUT2D eigenvalue weighted by molar-refractivity contribution is 7.99. The van der Waals surface area contributed by atoms with Gasteiger partial charge in [0.25, 0.3) is 0 Å². The van der Waals surface area contributed by atoms with Crippen molar-refractivity contribution in [2.24, 2.45) is 0 Å². The topological polar surface area (TPSA) is 74.1 Å². The van der Waals surface area contributed by atoms with Gasteiger partial charge in [0, 0.05) is 11.1 Å². The van der Waals surface area contributed by atoms with E-state index in [1.54, 1.807) is 43.5 Å². The van der Waals surface area contributed by atoms with Crippen LogP contribution in [0.1, 0.15) is 30.1 Å². The Labute approximate surface area is 167 Å². The third-order valence-corrected chi connectivity index (χ3v) is 5.83. The molecule has 0 saturated carbocycles. The molecular weight excluding hydrogens is 408 g/mol. The molecule has 28 heavy (non-hydrogen) atoms. The lowest BCUT2D eigenvalue weighted by molar-refractivity contribution is -0.147. The second-order valence-corrected chi connectivity index (χ2v) is 7.63. The van der Waals surface area contributed by atoms with E-state index in [4.69, 9.17) is 4.74 Å². The second kappa shape index (κ2) is 8.78. The molecule has 0 saturated heterocycles. The number of thiazole rings is 1. The number of carbonyl (C=O) groups excluding carboxylic acids is 2. The van der Waals surface area contributed by atoms with Gasteiger partial charge in [0.15, 0.2) is 16.9 Å². The van der Waals surface area contributed by atoms with Gasteiger partial charge in [-0.15, -0.1) is 11.3 Å². The normalized spacial score (nSPS) is 12.5. The lowest BCUT2D eigenvalue weighted by Crippen LogP contribution is -2.25. The molecule has 3 rings (SSSR count). The number of hydrogen-bond acceptors (Lipinski definition) is 7. The van der Waals surface area contributed by atoms with Crippen molar-refractivity contribution in [1.29, 1.82) is 0 Å². The number of carbonyl (C=O) groups is 2. The molecule has 6 nitrogen and oxygen atoms in total. The minimum absolute atomic E-state index is 0.0162. The van der Waals surface area contributed by atoms with E-state index < -0.39 is 24.2 Å². The van der Waals surface area contributed by atoms with Gasteiger partial charge in [0.05, 0.1) is 23.4 Å². The van der Waals surface area contributed by atoms with Gasteiger partial charge in [0.1, 0.15) is 5.01 Å². The number of fused-ring (bicyclic) bond motifs is 1. The highest BCUT2D eigenvalue weighted by Crippen LogP contribution is 2.31. The van der Waals surface area contributed by atoms with Crippen molar-refractivity contribution in [2.45, 2.75) is 31.5 Å². The number of alkyl halides is 2. The highest BCUT2D eigenvalue weighted by atomic mass is 32.2. The molecule has 2 heterocycles. The number of Topliss-reactive ketones (excluding diaryl/α,β-unsaturated/α-hetero) is 1. The van der Waals surface area contributed by atoms with Gasteiger partial charge in [-0.2, -0.15) is 8.78 Å². The molecule has 0 amide bonds. The minimum atomic E-state index is -2.80. The average Bonchev–Trinajstić information content (AvgIpc) is 3.23. The molecule has 0 aliphatic rings. The Kier molecular flexibility index (Phi) is 6.40. The van der Waals surface area contributed by atoms with Crippen LogP contribution in [0.4, 0.5) is 8.78 Å². The van der Waals surface area contributed by atoms with Gasteiger partial charge in [-0.05, 0) is 26.0 Å². The van der Waals surface area contributed by atoms with Crippen molar-refractivity contribution < 1.29 is 23.1 Å². The molecular formula is C18H17F2N3O3S2. The molecule has 0 aliphatic heterocycles. The van der Waals surface area contributed by atoms with Crippen LogP contribution in [0.5, 0.6) is 0 Å². The molecule has 10 heteroatoms. The van der Waals surface area contributed by atoms with E-state index in [9.17, 15) is 18.4 Å². The maximum atomic E-state index is 13.5. The first-order valence-corrected chi connectivity index (χ1v) is 10.3. The van der Waals surface area contributed by atoms with Crippen molar-refractivity contribution >= 4 is 45.9 Å². The van der Waals surface area contributed by atoms with Gasteiger partial charge < -0.3 is 4.74 Å². The molecule has 1 unspecified atom stereocenters. The van der Waals surface area contributed by atoms with Crippen LogP contribution in [0.3, 0.4) is 0 Å². The summed E-state index contributed by atoms with van der Waals surface area (Å²) >= 11 is 2.06. The van der Waals surface area contributed by atoms with E-state index in [2.05, 4.69) is 9.97 Å². The molecule has 1 atom stereocenters. The van der Waals surface area contributed by atoms with Crippen molar-refractivity contribution in [1.82, 2.24) is 14.5 Å². The van der Waals surface area contributed by atoms with E-state index in [0.717, 1.165) is 16.3 Å². The summed E-state index contributed by atoms with van der Waals surface area (Å²) in [6.45, 7) is 0.729. The molecule has 3 aromatic rings. The molecule has 0 bridgehead atoms. The third kappa shape index (κ3) is 4.22. The number of aromatic nitrogens is 3. The van der Waals surface area contributed by atoms with Crippen molar-refractivity contribution in [3.8, 4) is 0 Å². The van der Waals surface area contributed by atoms with Crippen molar-refractivity contribution in [3.63, 3.8) is 0 Å². The summed E-state index contributed by atoms with van der Waals surface area (Å²) in [5.74, 6) is -2.54. The molecule has 2 aromatic heterocycles. The number of para-hydroxylation sites is 2. The molecule has 0 fully saturated rings. The Morgan fingerprint density at radius 1 is 1.29 bits per heavy atom. The van der Waals surface area contributed by atoms with E-state index in [1.165, 1.54) is 11.3 Å². The Morgan fingerprint density at radius 3 is 2.68 bits per heavy atom. The van der Waals surface area contributed by atoms with E-state index in [0.29, 0.717) is 16.2 Å². The Balaban J connectivity index is 1.84. The van der Waals surface area contributed by atoms with Gasteiger partial charge in [-0.25, -0.2) is 9.97 Å². The Hall–Kier alpha value is -2.33. The number of rotatable bonds is 8. The first-order chi connectivity index (χ1) is 13.4. The number of aryl methyl sites for hydroxylation is 1. The molecule has 0 radical (unpaired) electrons. The van der Waals surface area contributed by atoms with Gasteiger partial charge in [0.2, 0.25) is 0 Å². The summed E-state index contributed by atoms with van der Waals surface area (Å²) in [6.07, 6.45) is 0. The third-order valence-electron chi connectivity index (χ3n) is 3.83. The largest absolute Gasteiger partial charge is 0.465 e. The summed E-state index contributed by atoms with van der Waals surface area (Å²) in [4.78, 5) is 33.5. The molecule has 148 valence electrons. The number of hydrogen-bond donors (Lipinski definition) is 0. The first kappa shape index (κ1) is 20.4. The monoisotopic (exact) mass is 425 g/mol. The van der Waals surface area contributed by atoms with Gasteiger partial charge >= 0.3 is 12.5 Å². The number of ether oxygens (including phenoxy) is 1. The summed E-state index contributed by atoms with van der Waals surface area (Å²) in [5, 5.41) is 2.09. The summed E-state index contributed by atoms with van der Waals surface area (Å²) in [5.41, 5.74) is 1.38. The number of esters is 1. The van der Waals surface area contributed by atoms with Crippen LogP contribution in [0, 0.1) is 6.92 Å². The SMILES string of the molecule is CCOC(=O)C(C(=O)CSc1nc2ccccc2n1C(F)F)c1nc(C)cs1. The van der Waals surface area contributed by atoms with E-state index >= 15 is 0 Å². The Morgan fingerprint density at radius 2 is 2.04 bits per heavy atom. The van der Waals surface area contributed by atoms with Crippen LogP contribution in [0.2, 0.25) is 0 Å². The van der Waals surface area contributed by atoms with Crippen LogP contribution in [-0.4, -0.2) is 38.6 Å². The summed E-state index contributed by atoms with van der Waals surface area (Å²) < 4.78 is 32.8. The predicted molar refractivity (Wildman–Crippen MR) is 103 cm³/mol. The minimum Gasteiger partial charge on any atom is -0.465 e. The fraction of sp³-hybridized carbons (Fsp3) is 0.333. The van der Waals surface area contributed by atoms with Crippen LogP contribution in [-0.2, 0) is 14.3 Å². The predicted octanol–water partition coefficient (Wildman–Crippen LogP) is 4.20. The lowest BCUT2D eigenvalue weighted by Gasteiger charge is -2.12. The Bertz CT molecular complexity index is 1000. The highest BCUT2D eigenvalue weighted by Gasteiger charge is 2.33. The number of thioether (sulfide) groups is 1. The van der Waals surface area contributed by atoms with Gasteiger partial charge in [-0.1, -0.05) is 23.9 Å². The fourth-order valence-electron chi connectivity index (χ4n) is 2.63. The maximum absolute atomic E-state index is 13.5. The first-order valence-electron chi connectivity index (χ1n) is 8.41. The summed E-state index contributed by atoms with van der Waals surface area (Å²) in [6, 6.07) is 6.51. The van der Waals surface area contributed by atoms with Crippen molar-refractivity contribution in [2.75, 3.05) is 12.4 Å².